The smallest absolute Gasteiger partial charge is 0.195 e. The maximum absolute atomic E-state index is 9.67. The molecule has 1 aliphatic rings. The van der Waals surface area contributed by atoms with Gasteiger partial charge in [0, 0.05) is 18.0 Å². The quantitative estimate of drug-likeness (QED) is 0.658. The second-order valence-corrected chi connectivity index (χ2v) is 2.59. The standard InChI is InChI=1S/C10H8N2O/c13-9(8-4-1-2-5-8)10-11-6-3-7-12-10/h1-7,13H. The van der Waals surface area contributed by atoms with Crippen LogP contribution in [-0.4, -0.2) is 15.1 Å². The summed E-state index contributed by atoms with van der Waals surface area (Å²) in [5.41, 5.74) is 0.742. The highest BCUT2D eigenvalue weighted by Crippen LogP contribution is 2.16. The zero-order valence-corrected chi connectivity index (χ0v) is 6.88. The number of hydrogen-bond donors (Lipinski definition) is 1. The van der Waals surface area contributed by atoms with Crippen LogP contribution in [0.5, 0.6) is 0 Å². The Morgan fingerprint density at radius 2 is 1.69 bits per heavy atom. The maximum atomic E-state index is 9.67. The van der Waals surface area contributed by atoms with Crippen LogP contribution >= 0.6 is 0 Å². The van der Waals surface area contributed by atoms with E-state index in [1.165, 1.54) is 0 Å². The van der Waals surface area contributed by atoms with E-state index in [-0.39, 0.29) is 5.76 Å². The molecule has 1 aromatic rings. The third kappa shape index (κ3) is 1.49. The molecule has 1 heterocycles. The molecule has 0 fully saturated rings. The Hall–Kier alpha value is -1.90. The highest BCUT2D eigenvalue weighted by atomic mass is 16.3. The number of rotatable bonds is 1. The molecule has 0 aromatic carbocycles. The van der Waals surface area contributed by atoms with Gasteiger partial charge in [0.25, 0.3) is 0 Å². The highest BCUT2D eigenvalue weighted by Gasteiger charge is 2.06. The maximum Gasteiger partial charge on any atom is 0.195 e. The van der Waals surface area contributed by atoms with Crippen LogP contribution in [0.2, 0.25) is 0 Å². The second kappa shape index (κ2) is 3.23. The fraction of sp³-hybridized carbons (Fsp3) is 0. The van der Waals surface area contributed by atoms with Gasteiger partial charge >= 0.3 is 0 Å². The van der Waals surface area contributed by atoms with Gasteiger partial charge in [0.1, 0.15) is 0 Å². The number of nitrogens with zero attached hydrogens (tertiary/aromatic N) is 2. The molecule has 0 amide bonds. The van der Waals surface area contributed by atoms with Gasteiger partial charge < -0.3 is 5.11 Å². The molecule has 1 aromatic heterocycles. The minimum absolute atomic E-state index is 0.116. The molecule has 13 heavy (non-hydrogen) atoms. The van der Waals surface area contributed by atoms with Crippen LogP contribution in [0, 0.1) is 0 Å². The van der Waals surface area contributed by atoms with Crippen molar-refractivity contribution in [3.05, 3.63) is 54.2 Å². The molecule has 0 atom stereocenters. The van der Waals surface area contributed by atoms with Crippen molar-refractivity contribution in [3.8, 4) is 0 Å². The minimum atomic E-state index is 0.116. The van der Waals surface area contributed by atoms with Gasteiger partial charge in [-0.2, -0.15) is 0 Å². The summed E-state index contributed by atoms with van der Waals surface area (Å²) in [6, 6.07) is 1.71. The fourth-order valence-electron chi connectivity index (χ4n) is 1.08. The van der Waals surface area contributed by atoms with Gasteiger partial charge in [-0.3, -0.25) is 0 Å². The average molecular weight is 172 g/mol. The Kier molecular flexibility index (Phi) is 1.92. The summed E-state index contributed by atoms with van der Waals surface area (Å²) >= 11 is 0. The Balaban J connectivity index is 2.43. The predicted octanol–water partition coefficient (Wildman–Crippen LogP) is 1.87. The molecule has 1 N–H and O–H groups in total. The van der Waals surface area contributed by atoms with Crippen molar-refractivity contribution < 1.29 is 5.11 Å². The third-order valence-electron chi connectivity index (χ3n) is 1.71. The molecular weight excluding hydrogens is 164 g/mol. The molecule has 1 aliphatic carbocycles. The van der Waals surface area contributed by atoms with Crippen molar-refractivity contribution in [2.75, 3.05) is 0 Å². The molecule has 2 rings (SSSR count). The van der Waals surface area contributed by atoms with Gasteiger partial charge in [-0.15, -0.1) is 0 Å². The predicted molar refractivity (Wildman–Crippen MR) is 49.9 cm³/mol. The molecule has 0 saturated carbocycles. The first-order valence-corrected chi connectivity index (χ1v) is 3.93. The molecule has 0 saturated heterocycles. The van der Waals surface area contributed by atoms with E-state index in [1.807, 2.05) is 24.3 Å². The molecule has 64 valence electrons. The molecule has 0 spiro atoms. The van der Waals surface area contributed by atoms with Crippen LogP contribution in [0.25, 0.3) is 5.76 Å². The van der Waals surface area contributed by atoms with E-state index in [2.05, 4.69) is 9.97 Å². The van der Waals surface area contributed by atoms with Crippen LogP contribution in [0.1, 0.15) is 5.82 Å². The fourth-order valence-corrected chi connectivity index (χ4v) is 1.08. The third-order valence-corrected chi connectivity index (χ3v) is 1.71. The summed E-state index contributed by atoms with van der Waals surface area (Å²) in [4.78, 5) is 7.87. The van der Waals surface area contributed by atoms with Crippen LogP contribution < -0.4 is 0 Å². The summed E-state index contributed by atoms with van der Waals surface area (Å²) < 4.78 is 0. The van der Waals surface area contributed by atoms with Gasteiger partial charge in [-0.25, -0.2) is 9.97 Å². The summed E-state index contributed by atoms with van der Waals surface area (Å²) in [7, 11) is 0. The number of aliphatic hydroxyl groups is 1. The van der Waals surface area contributed by atoms with Crippen LogP contribution in [0.3, 0.4) is 0 Å². The lowest BCUT2D eigenvalue weighted by molar-refractivity contribution is 0.502. The molecule has 0 radical (unpaired) electrons. The Bertz CT molecular complexity index is 377. The molecule has 0 bridgehead atoms. The van der Waals surface area contributed by atoms with Gasteiger partial charge in [0.2, 0.25) is 0 Å². The number of aromatic nitrogens is 2. The second-order valence-electron chi connectivity index (χ2n) is 2.59. The normalized spacial score (nSPS) is 13.7. The van der Waals surface area contributed by atoms with E-state index in [0.717, 1.165) is 5.57 Å². The van der Waals surface area contributed by atoms with E-state index in [9.17, 15) is 5.11 Å². The van der Waals surface area contributed by atoms with Gasteiger partial charge in [-0.1, -0.05) is 24.3 Å². The van der Waals surface area contributed by atoms with E-state index in [0.29, 0.717) is 5.82 Å². The molecular formula is C10H8N2O. The van der Waals surface area contributed by atoms with Crippen LogP contribution in [0.15, 0.2) is 48.3 Å². The molecule has 0 unspecified atom stereocenters. The summed E-state index contributed by atoms with van der Waals surface area (Å²) in [5, 5.41) is 9.67. The number of aliphatic hydroxyl groups excluding tert-OH is 1. The van der Waals surface area contributed by atoms with Crippen molar-refractivity contribution in [2.45, 2.75) is 0 Å². The first-order valence-electron chi connectivity index (χ1n) is 3.93. The van der Waals surface area contributed by atoms with E-state index in [4.69, 9.17) is 0 Å². The SMILES string of the molecule is OC(=C1C=CC=C1)c1ncccn1. The Morgan fingerprint density at radius 1 is 1.08 bits per heavy atom. The minimum Gasteiger partial charge on any atom is -0.504 e. The van der Waals surface area contributed by atoms with E-state index >= 15 is 0 Å². The zero-order valence-electron chi connectivity index (χ0n) is 6.88. The first kappa shape index (κ1) is 7.73. The van der Waals surface area contributed by atoms with Crippen molar-refractivity contribution in [3.63, 3.8) is 0 Å². The first-order chi connectivity index (χ1) is 6.38. The van der Waals surface area contributed by atoms with Crippen molar-refractivity contribution in [2.24, 2.45) is 0 Å². The van der Waals surface area contributed by atoms with E-state index in [1.54, 1.807) is 18.5 Å². The van der Waals surface area contributed by atoms with Gasteiger partial charge in [0.05, 0.1) is 0 Å². The van der Waals surface area contributed by atoms with Gasteiger partial charge in [0.15, 0.2) is 11.6 Å². The summed E-state index contributed by atoms with van der Waals surface area (Å²) in [5.74, 6) is 0.472. The van der Waals surface area contributed by atoms with Crippen molar-refractivity contribution in [1.29, 1.82) is 0 Å². The summed E-state index contributed by atoms with van der Waals surface area (Å²) in [6.07, 6.45) is 10.5. The van der Waals surface area contributed by atoms with Gasteiger partial charge in [-0.05, 0) is 6.07 Å². The molecule has 3 heteroatoms. The lowest BCUT2D eigenvalue weighted by atomic mass is 10.2. The average Bonchev–Trinajstić information content (AvgIpc) is 2.71. The number of allylic oxidation sites excluding steroid dienone is 5. The van der Waals surface area contributed by atoms with Crippen molar-refractivity contribution in [1.82, 2.24) is 9.97 Å². The highest BCUT2D eigenvalue weighted by molar-refractivity contribution is 5.64. The van der Waals surface area contributed by atoms with E-state index < -0.39 is 0 Å². The molecule has 0 aliphatic heterocycles. The van der Waals surface area contributed by atoms with Crippen LogP contribution in [0.4, 0.5) is 0 Å². The monoisotopic (exact) mass is 172 g/mol. The number of hydrogen-bond acceptors (Lipinski definition) is 3. The van der Waals surface area contributed by atoms with Crippen molar-refractivity contribution >= 4 is 5.76 Å². The van der Waals surface area contributed by atoms with Crippen LogP contribution in [-0.2, 0) is 0 Å². The zero-order chi connectivity index (χ0) is 9.10. The Labute approximate surface area is 75.8 Å². The summed E-state index contributed by atoms with van der Waals surface area (Å²) in [6.45, 7) is 0. The lowest BCUT2D eigenvalue weighted by Gasteiger charge is -1.98. The molecule has 3 nitrogen and oxygen atoms in total. The lowest BCUT2D eigenvalue weighted by Crippen LogP contribution is -1.93. The largest absolute Gasteiger partial charge is 0.504 e. The topological polar surface area (TPSA) is 46.0 Å². The Morgan fingerprint density at radius 3 is 2.31 bits per heavy atom.